The van der Waals surface area contributed by atoms with Crippen LogP contribution in [0.4, 0.5) is 11.4 Å². The number of nitrogens with zero attached hydrogens (tertiary/aromatic N) is 5. The highest BCUT2D eigenvalue weighted by molar-refractivity contribution is 5.73. The van der Waals surface area contributed by atoms with Crippen LogP contribution in [0.25, 0.3) is 29.2 Å². The van der Waals surface area contributed by atoms with Crippen molar-refractivity contribution >= 4 is 23.5 Å². The molecular weight excluding hydrogens is 458 g/mol. The van der Waals surface area contributed by atoms with Gasteiger partial charge in [-0.05, 0) is 75.7 Å². The topological polar surface area (TPSA) is 46.4 Å². The first-order chi connectivity index (χ1) is 18.1. The van der Waals surface area contributed by atoms with Gasteiger partial charge in [0.05, 0.1) is 18.5 Å². The van der Waals surface area contributed by atoms with E-state index in [1.54, 1.807) is 7.11 Å². The van der Waals surface area contributed by atoms with Crippen molar-refractivity contribution in [2.45, 2.75) is 27.7 Å². The van der Waals surface area contributed by atoms with Crippen LogP contribution >= 0.6 is 0 Å². The number of methoxy groups -OCH3 is 1. The molecule has 0 aliphatic carbocycles. The van der Waals surface area contributed by atoms with Crippen LogP contribution in [0.1, 0.15) is 39.0 Å². The maximum absolute atomic E-state index is 5.37. The quantitative estimate of drug-likeness (QED) is 0.229. The SMILES string of the molecule is CCN(CC)c1ccc(C=Cc2cc(-c3ccc(N(CC)CC)cc3)n(-c3cccc(OC)n3)n2)cc1. The summed E-state index contributed by atoms with van der Waals surface area (Å²) < 4.78 is 7.26. The lowest BCUT2D eigenvalue weighted by atomic mass is 10.1. The summed E-state index contributed by atoms with van der Waals surface area (Å²) in [5.74, 6) is 1.27. The van der Waals surface area contributed by atoms with Crippen LogP contribution in [0.15, 0.2) is 72.8 Å². The third kappa shape index (κ3) is 6.02. The highest BCUT2D eigenvalue weighted by Crippen LogP contribution is 2.27. The van der Waals surface area contributed by atoms with Crippen LogP contribution in [0.2, 0.25) is 0 Å². The monoisotopic (exact) mass is 495 g/mol. The second-order valence-corrected chi connectivity index (χ2v) is 8.72. The number of rotatable bonds is 11. The standard InChI is InChI=1S/C31H37N5O/c1-6-34(7-2)27-19-14-24(15-20-27)13-18-26-23-29(25-16-21-28(22-17-25)35(8-3)9-4)36(33-26)30-11-10-12-31(32-30)37-5/h10-23H,6-9H2,1-5H3. The molecule has 0 aliphatic heterocycles. The highest BCUT2D eigenvalue weighted by Gasteiger charge is 2.13. The van der Waals surface area contributed by atoms with Gasteiger partial charge in [0, 0.05) is 49.2 Å². The van der Waals surface area contributed by atoms with Gasteiger partial charge >= 0.3 is 0 Å². The van der Waals surface area contributed by atoms with Crippen LogP contribution < -0.4 is 14.5 Å². The molecular formula is C31H37N5O. The Balaban J connectivity index is 1.68. The van der Waals surface area contributed by atoms with Crippen molar-refractivity contribution < 1.29 is 4.74 Å². The van der Waals surface area contributed by atoms with Crippen LogP contribution in [0.5, 0.6) is 5.88 Å². The number of aromatic nitrogens is 3. The summed E-state index contributed by atoms with van der Waals surface area (Å²) in [4.78, 5) is 9.31. The Kier molecular flexibility index (Phi) is 8.62. The van der Waals surface area contributed by atoms with Crippen LogP contribution in [0, 0.1) is 0 Å². The molecule has 0 saturated carbocycles. The van der Waals surface area contributed by atoms with E-state index < -0.39 is 0 Å². The van der Waals surface area contributed by atoms with Crippen molar-refractivity contribution in [1.82, 2.24) is 14.8 Å². The fourth-order valence-corrected chi connectivity index (χ4v) is 4.50. The van der Waals surface area contributed by atoms with Gasteiger partial charge in [-0.25, -0.2) is 4.68 Å². The second-order valence-electron chi connectivity index (χ2n) is 8.72. The molecule has 4 aromatic rings. The summed E-state index contributed by atoms with van der Waals surface area (Å²) in [5.41, 5.74) is 6.51. The van der Waals surface area contributed by atoms with Crippen LogP contribution in [-0.2, 0) is 0 Å². The molecule has 2 aromatic heterocycles. The normalized spacial score (nSPS) is 11.2. The third-order valence-corrected chi connectivity index (χ3v) is 6.62. The Morgan fingerprint density at radius 3 is 1.92 bits per heavy atom. The molecule has 0 amide bonds. The molecule has 2 heterocycles. The summed E-state index contributed by atoms with van der Waals surface area (Å²) in [6.45, 7) is 12.7. The molecule has 0 spiro atoms. The minimum Gasteiger partial charge on any atom is -0.481 e. The Morgan fingerprint density at radius 2 is 1.35 bits per heavy atom. The molecule has 6 heteroatoms. The van der Waals surface area contributed by atoms with Gasteiger partial charge in [-0.2, -0.15) is 10.1 Å². The maximum atomic E-state index is 5.37. The molecule has 6 nitrogen and oxygen atoms in total. The van der Waals surface area contributed by atoms with Gasteiger partial charge in [0.2, 0.25) is 5.88 Å². The van der Waals surface area contributed by atoms with E-state index in [4.69, 9.17) is 9.84 Å². The lowest BCUT2D eigenvalue weighted by Gasteiger charge is -2.21. The van der Waals surface area contributed by atoms with E-state index in [-0.39, 0.29) is 0 Å². The number of ether oxygens (including phenoxy) is 1. The Hall–Kier alpha value is -4.06. The van der Waals surface area contributed by atoms with Crippen molar-refractivity contribution in [2.75, 3.05) is 43.1 Å². The molecule has 0 radical (unpaired) electrons. The van der Waals surface area contributed by atoms with Gasteiger partial charge in [-0.15, -0.1) is 0 Å². The molecule has 4 rings (SSSR count). The molecule has 37 heavy (non-hydrogen) atoms. The van der Waals surface area contributed by atoms with Gasteiger partial charge in [0.25, 0.3) is 0 Å². The van der Waals surface area contributed by atoms with E-state index in [0.717, 1.165) is 48.7 Å². The number of hydrogen-bond donors (Lipinski definition) is 0. The Labute approximate surface area is 220 Å². The minimum atomic E-state index is 0.557. The molecule has 0 aliphatic rings. The first-order valence-electron chi connectivity index (χ1n) is 13.1. The average molecular weight is 496 g/mol. The third-order valence-electron chi connectivity index (χ3n) is 6.62. The van der Waals surface area contributed by atoms with Gasteiger partial charge in [0.15, 0.2) is 5.82 Å². The van der Waals surface area contributed by atoms with E-state index >= 15 is 0 Å². The Bertz CT molecular complexity index is 1300. The highest BCUT2D eigenvalue weighted by atomic mass is 16.5. The smallest absolute Gasteiger partial charge is 0.214 e. The van der Waals surface area contributed by atoms with E-state index in [1.807, 2.05) is 22.9 Å². The molecule has 0 atom stereocenters. The number of pyridine rings is 1. The van der Waals surface area contributed by atoms with Crippen molar-refractivity contribution in [1.29, 1.82) is 0 Å². The predicted molar refractivity (Wildman–Crippen MR) is 156 cm³/mol. The summed E-state index contributed by atoms with van der Waals surface area (Å²) in [5, 5.41) is 4.90. The molecule has 0 fully saturated rings. The average Bonchev–Trinajstić information content (AvgIpc) is 3.39. The fraction of sp³-hybridized carbons (Fsp3) is 0.290. The largest absolute Gasteiger partial charge is 0.481 e. The van der Waals surface area contributed by atoms with Gasteiger partial charge < -0.3 is 14.5 Å². The van der Waals surface area contributed by atoms with Gasteiger partial charge in [-0.1, -0.05) is 36.4 Å². The zero-order valence-electron chi connectivity index (χ0n) is 22.6. The lowest BCUT2D eigenvalue weighted by molar-refractivity contribution is 0.397. The van der Waals surface area contributed by atoms with Gasteiger partial charge in [0.1, 0.15) is 0 Å². The second kappa shape index (κ2) is 12.3. The van der Waals surface area contributed by atoms with Crippen molar-refractivity contribution in [3.63, 3.8) is 0 Å². The summed E-state index contributed by atoms with van der Waals surface area (Å²) in [7, 11) is 1.63. The summed E-state index contributed by atoms with van der Waals surface area (Å²) >= 11 is 0. The zero-order valence-corrected chi connectivity index (χ0v) is 22.6. The molecule has 0 N–H and O–H groups in total. The maximum Gasteiger partial charge on any atom is 0.214 e. The van der Waals surface area contributed by atoms with Crippen LogP contribution in [0.3, 0.4) is 0 Å². The van der Waals surface area contributed by atoms with Crippen LogP contribution in [-0.4, -0.2) is 48.1 Å². The van der Waals surface area contributed by atoms with Gasteiger partial charge in [-0.3, -0.25) is 0 Å². The first kappa shape index (κ1) is 26.0. The summed E-state index contributed by atoms with van der Waals surface area (Å²) in [6, 6.07) is 25.1. The lowest BCUT2D eigenvalue weighted by Crippen LogP contribution is -2.21. The van der Waals surface area contributed by atoms with E-state index in [2.05, 4.69) is 109 Å². The molecule has 0 saturated heterocycles. The van der Waals surface area contributed by atoms with E-state index in [1.165, 1.54) is 11.4 Å². The van der Waals surface area contributed by atoms with Crippen molar-refractivity contribution in [2.24, 2.45) is 0 Å². The van der Waals surface area contributed by atoms with E-state index in [0.29, 0.717) is 11.7 Å². The molecule has 0 bridgehead atoms. The number of anilines is 2. The molecule has 192 valence electrons. The minimum absolute atomic E-state index is 0.557. The zero-order chi connectivity index (χ0) is 26.2. The summed E-state index contributed by atoms with van der Waals surface area (Å²) in [6.07, 6.45) is 4.15. The fourth-order valence-electron chi connectivity index (χ4n) is 4.50. The van der Waals surface area contributed by atoms with Crippen molar-refractivity contribution in [3.05, 3.63) is 84.1 Å². The number of hydrogen-bond acceptors (Lipinski definition) is 5. The van der Waals surface area contributed by atoms with Crippen molar-refractivity contribution in [3.8, 4) is 23.0 Å². The van der Waals surface area contributed by atoms with E-state index in [9.17, 15) is 0 Å². The molecule has 0 unspecified atom stereocenters. The number of benzene rings is 2. The molecule has 2 aromatic carbocycles. The first-order valence-corrected chi connectivity index (χ1v) is 13.1. The Morgan fingerprint density at radius 1 is 0.757 bits per heavy atom. The predicted octanol–water partition coefficient (Wildman–Crippen LogP) is 6.81.